The fourth-order valence-electron chi connectivity index (χ4n) is 1.26. The molecule has 0 spiro atoms. The van der Waals surface area contributed by atoms with E-state index in [1.807, 2.05) is 13.8 Å². The zero-order valence-electron chi connectivity index (χ0n) is 11.7. The van der Waals surface area contributed by atoms with Gasteiger partial charge in [-0.2, -0.15) is 0 Å². The van der Waals surface area contributed by atoms with Gasteiger partial charge in [-0.15, -0.1) is 0 Å². The third-order valence-corrected chi connectivity index (χ3v) is 4.27. The van der Waals surface area contributed by atoms with Gasteiger partial charge in [0.15, 0.2) is 0 Å². The van der Waals surface area contributed by atoms with E-state index >= 15 is 0 Å². The van der Waals surface area contributed by atoms with Crippen LogP contribution in [0.5, 0.6) is 0 Å². The van der Waals surface area contributed by atoms with Crippen molar-refractivity contribution < 1.29 is 24.6 Å². The maximum atomic E-state index is 11.5. The predicted octanol–water partition coefficient (Wildman–Crippen LogP) is 0.796. The molecule has 0 aromatic carbocycles. The van der Waals surface area contributed by atoms with E-state index in [0.717, 1.165) is 13.1 Å². The Morgan fingerprint density at radius 2 is 2.05 bits per heavy atom. The standard InChI is InChI=1S/C11H25N2O5P/c1-4-9(2)5-6-10(14)13(16)8-12-7-11(15)19(3,17)18/h9,11-12,15-16H,4-8H2,1-3H3,(H,17,18). The average Bonchev–Trinajstić information content (AvgIpc) is 2.33. The number of hydrogen-bond acceptors (Lipinski definition) is 5. The van der Waals surface area contributed by atoms with Crippen molar-refractivity contribution in [2.24, 2.45) is 5.92 Å². The number of carbonyl (C=O) groups is 1. The van der Waals surface area contributed by atoms with Crippen LogP contribution >= 0.6 is 7.37 Å². The Morgan fingerprint density at radius 3 is 2.53 bits per heavy atom. The van der Waals surface area contributed by atoms with Crippen LogP contribution in [-0.4, -0.2) is 51.9 Å². The second-order valence-corrected chi connectivity index (χ2v) is 7.36. The highest BCUT2D eigenvalue weighted by atomic mass is 31.2. The first-order valence-electron chi connectivity index (χ1n) is 6.36. The third-order valence-electron chi connectivity index (χ3n) is 2.98. The highest BCUT2D eigenvalue weighted by Crippen LogP contribution is 2.39. The van der Waals surface area contributed by atoms with Crippen LogP contribution in [0.4, 0.5) is 0 Å². The zero-order chi connectivity index (χ0) is 15.1. The van der Waals surface area contributed by atoms with Gasteiger partial charge in [0.25, 0.3) is 0 Å². The van der Waals surface area contributed by atoms with Crippen molar-refractivity contribution in [3.05, 3.63) is 0 Å². The number of hydrogen-bond donors (Lipinski definition) is 4. The number of hydroxylamine groups is 2. The molecular weight excluding hydrogens is 271 g/mol. The van der Waals surface area contributed by atoms with Crippen LogP contribution in [0.3, 0.4) is 0 Å². The fraction of sp³-hybridized carbons (Fsp3) is 0.909. The molecule has 0 aromatic heterocycles. The lowest BCUT2D eigenvalue weighted by atomic mass is 10.0. The lowest BCUT2D eigenvalue weighted by Gasteiger charge is -2.19. The summed E-state index contributed by atoms with van der Waals surface area (Å²) in [7, 11) is -3.56. The molecule has 0 saturated heterocycles. The maximum Gasteiger partial charge on any atom is 0.247 e. The molecule has 0 aromatic rings. The quantitative estimate of drug-likeness (QED) is 0.217. The largest absolute Gasteiger partial charge is 0.382 e. The molecule has 8 heteroatoms. The van der Waals surface area contributed by atoms with Gasteiger partial charge in [-0.05, 0) is 12.3 Å². The molecule has 0 bridgehead atoms. The van der Waals surface area contributed by atoms with Gasteiger partial charge in [-0.1, -0.05) is 20.3 Å². The minimum atomic E-state index is -3.56. The Kier molecular flexibility index (Phi) is 8.45. The van der Waals surface area contributed by atoms with E-state index in [2.05, 4.69) is 5.32 Å². The van der Waals surface area contributed by atoms with E-state index in [-0.39, 0.29) is 19.6 Å². The van der Waals surface area contributed by atoms with Crippen LogP contribution in [0.2, 0.25) is 0 Å². The normalized spacial score (nSPS) is 17.6. The summed E-state index contributed by atoms with van der Waals surface area (Å²) in [4.78, 5) is 20.6. The molecule has 0 aliphatic heterocycles. The van der Waals surface area contributed by atoms with Gasteiger partial charge in [-0.3, -0.25) is 19.9 Å². The SMILES string of the molecule is CCC(C)CCC(=O)N(O)CNCC(O)P(C)(=O)O. The van der Waals surface area contributed by atoms with Crippen molar-refractivity contribution in [3.8, 4) is 0 Å². The van der Waals surface area contributed by atoms with Gasteiger partial charge < -0.3 is 10.00 Å². The predicted molar refractivity (Wildman–Crippen MR) is 71.9 cm³/mol. The molecule has 19 heavy (non-hydrogen) atoms. The lowest BCUT2D eigenvalue weighted by Crippen LogP contribution is -2.39. The molecule has 4 N–H and O–H groups in total. The van der Waals surface area contributed by atoms with Crippen LogP contribution in [-0.2, 0) is 9.36 Å². The first-order valence-corrected chi connectivity index (χ1v) is 8.54. The van der Waals surface area contributed by atoms with E-state index in [1.54, 1.807) is 0 Å². The third kappa shape index (κ3) is 8.34. The summed E-state index contributed by atoms with van der Waals surface area (Å²) in [6.45, 7) is 4.76. The fourth-order valence-corrected chi connectivity index (χ4v) is 1.73. The van der Waals surface area contributed by atoms with E-state index in [9.17, 15) is 19.7 Å². The maximum absolute atomic E-state index is 11.5. The zero-order valence-corrected chi connectivity index (χ0v) is 12.6. The van der Waals surface area contributed by atoms with Crippen LogP contribution in [0, 0.1) is 5.92 Å². The monoisotopic (exact) mass is 296 g/mol. The molecule has 0 aliphatic carbocycles. The second kappa shape index (κ2) is 8.66. The first-order chi connectivity index (χ1) is 8.68. The molecule has 0 fully saturated rings. The number of aliphatic hydroxyl groups is 1. The summed E-state index contributed by atoms with van der Waals surface area (Å²) in [5.74, 6) is -1.39. The first kappa shape index (κ1) is 18.5. The number of nitrogens with one attached hydrogen (secondary N) is 1. The van der Waals surface area contributed by atoms with Crippen molar-refractivity contribution in [1.82, 2.24) is 10.4 Å². The van der Waals surface area contributed by atoms with E-state index in [1.165, 1.54) is 0 Å². The van der Waals surface area contributed by atoms with E-state index in [0.29, 0.717) is 17.4 Å². The summed E-state index contributed by atoms with van der Waals surface area (Å²) in [6.07, 6.45) is 1.93. The van der Waals surface area contributed by atoms with Crippen molar-refractivity contribution >= 4 is 13.3 Å². The van der Waals surface area contributed by atoms with Gasteiger partial charge in [0.2, 0.25) is 13.3 Å². The molecule has 0 aliphatic rings. The molecule has 114 valence electrons. The molecule has 7 nitrogen and oxygen atoms in total. The number of carbonyl (C=O) groups excluding carboxylic acids is 1. The molecule has 1 amide bonds. The van der Waals surface area contributed by atoms with Crippen LogP contribution in [0.25, 0.3) is 0 Å². The Labute approximate surface area is 114 Å². The van der Waals surface area contributed by atoms with Crippen LogP contribution < -0.4 is 5.32 Å². The average molecular weight is 296 g/mol. The Morgan fingerprint density at radius 1 is 1.47 bits per heavy atom. The number of amides is 1. The molecule has 0 radical (unpaired) electrons. The number of nitrogens with zero attached hydrogens (tertiary/aromatic N) is 1. The minimum absolute atomic E-state index is 0.167. The lowest BCUT2D eigenvalue weighted by molar-refractivity contribution is -0.167. The molecular formula is C11H25N2O5P. The Bertz CT molecular complexity index is 320. The van der Waals surface area contributed by atoms with Crippen molar-refractivity contribution in [3.63, 3.8) is 0 Å². The topological polar surface area (TPSA) is 110 Å². The summed E-state index contributed by atoms with van der Waals surface area (Å²) in [5.41, 5.74) is 0. The minimum Gasteiger partial charge on any atom is -0.382 e. The molecule has 3 atom stereocenters. The molecule has 3 unspecified atom stereocenters. The smallest absolute Gasteiger partial charge is 0.247 e. The highest BCUT2D eigenvalue weighted by Gasteiger charge is 2.22. The number of rotatable bonds is 9. The summed E-state index contributed by atoms with van der Waals surface area (Å²) in [6, 6.07) is 0. The summed E-state index contributed by atoms with van der Waals surface area (Å²) >= 11 is 0. The molecule has 0 rings (SSSR count). The second-order valence-electron chi connectivity index (χ2n) is 4.88. The van der Waals surface area contributed by atoms with E-state index in [4.69, 9.17) is 4.89 Å². The van der Waals surface area contributed by atoms with E-state index < -0.39 is 19.1 Å². The van der Waals surface area contributed by atoms with Gasteiger partial charge in [-0.25, -0.2) is 5.06 Å². The van der Waals surface area contributed by atoms with Crippen LogP contribution in [0.15, 0.2) is 0 Å². The van der Waals surface area contributed by atoms with Gasteiger partial charge in [0.05, 0.1) is 6.67 Å². The number of aliphatic hydroxyl groups excluding tert-OH is 1. The molecule has 0 heterocycles. The van der Waals surface area contributed by atoms with Gasteiger partial charge in [0.1, 0.15) is 5.85 Å². The van der Waals surface area contributed by atoms with Crippen molar-refractivity contribution in [2.45, 2.75) is 39.0 Å². The van der Waals surface area contributed by atoms with Crippen molar-refractivity contribution in [2.75, 3.05) is 19.9 Å². The highest BCUT2D eigenvalue weighted by molar-refractivity contribution is 7.57. The Hall–Kier alpha value is -0.460. The molecule has 0 saturated carbocycles. The summed E-state index contributed by atoms with van der Waals surface area (Å²) in [5, 5.41) is 21.8. The van der Waals surface area contributed by atoms with Crippen molar-refractivity contribution in [1.29, 1.82) is 0 Å². The van der Waals surface area contributed by atoms with Gasteiger partial charge in [0, 0.05) is 19.6 Å². The summed E-state index contributed by atoms with van der Waals surface area (Å²) < 4.78 is 11.1. The van der Waals surface area contributed by atoms with Gasteiger partial charge >= 0.3 is 0 Å². The Balaban J connectivity index is 3.88. The van der Waals surface area contributed by atoms with Crippen LogP contribution in [0.1, 0.15) is 33.1 Å².